The highest BCUT2D eigenvalue weighted by molar-refractivity contribution is 5.20. The highest BCUT2D eigenvalue weighted by Gasteiger charge is 2.23. The summed E-state index contributed by atoms with van der Waals surface area (Å²) < 4.78 is 38.4. The van der Waals surface area contributed by atoms with Crippen molar-refractivity contribution in [3.63, 3.8) is 0 Å². The third-order valence-electron chi connectivity index (χ3n) is 3.12. The van der Waals surface area contributed by atoms with Crippen molar-refractivity contribution in [2.24, 2.45) is 5.92 Å². The molecule has 0 spiro atoms. The molecule has 1 aromatic carbocycles. The molecule has 114 valence electrons. The molecule has 0 aliphatic rings. The average Bonchev–Trinajstić information content (AvgIpc) is 2.38. The third-order valence-corrected chi connectivity index (χ3v) is 3.12. The maximum atomic E-state index is 13.6. The molecule has 2 unspecified atom stereocenters. The summed E-state index contributed by atoms with van der Waals surface area (Å²) >= 11 is 0. The highest BCUT2D eigenvalue weighted by Crippen LogP contribution is 2.25. The van der Waals surface area contributed by atoms with Crippen molar-refractivity contribution in [2.45, 2.75) is 19.5 Å². The molecule has 1 rings (SSSR count). The SMILES string of the molecule is CC(CN(CCO)CC(F)F)C(O)c1ccccc1F. The molecule has 0 aromatic heterocycles. The molecule has 0 fully saturated rings. The normalized spacial score (nSPS) is 14.8. The van der Waals surface area contributed by atoms with E-state index in [1.54, 1.807) is 13.0 Å². The first-order chi connectivity index (χ1) is 9.45. The monoisotopic (exact) mass is 291 g/mol. The second kappa shape index (κ2) is 8.24. The molecule has 0 saturated heterocycles. The summed E-state index contributed by atoms with van der Waals surface area (Å²) in [6.45, 7) is 1.19. The molecule has 0 radical (unpaired) electrons. The number of nitrogens with zero attached hydrogens (tertiary/aromatic N) is 1. The maximum absolute atomic E-state index is 13.6. The Morgan fingerprint density at radius 1 is 1.20 bits per heavy atom. The van der Waals surface area contributed by atoms with Crippen LogP contribution in [0.4, 0.5) is 13.2 Å². The minimum atomic E-state index is -2.51. The Morgan fingerprint density at radius 2 is 1.85 bits per heavy atom. The average molecular weight is 291 g/mol. The van der Waals surface area contributed by atoms with Crippen molar-refractivity contribution < 1.29 is 23.4 Å². The predicted molar refractivity (Wildman–Crippen MR) is 70.1 cm³/mol. The fourth-order valence-electron chi connectivity index (χ4n) is 2.12. The summed E-state index contributed by atoms with van der Waals surface area (Å²) in [5, 5.41) is 19.0. The summed E-state index contributed by atoms with van der Waals surface area (Å²) in [5.41, 5.74) is 0.154. The first kappa shape index (κ1) is 16.9. The Morgan fingerprint density at radius 3 is 2.40 bits per heavy atom. The largest absolute Gasteiger partial charge is 0.395 e. The van der Waals surface area contributed by atoms with Gasteiger partial charge in [0.1, 0.15) is 5.82 Å². The van der Waals surface area contributed by atoms with Crippen molar-refractivity contribution in [3.8, 4) is 0 Å². The van der Waals surface area contributed by atoms with E-state index in [2.05, 4.69) is 0 Å². The molecule has 0 saturated carbocycles. The van der Waals surface area contributed by atoms with Gasteiger partial charge >= 0.3 is 0 Å². The summed E-state index contributed by atoms with van der Waals surface area (Å²) in [4.78, 5) is 1.36. The Balaban J connectivity index is 2.68. The van der Waals surface area contributed by atoms with E-state index in [1.165, 1.54) is 23.1 Å². The van der Waals surface area contributed by atoms with Crippen LogP contribution in [0.15, 0.2) is 24.3 Å². The molecule has 0 aliphatic carbocycles. The number of benzene rings is 1. The lowest BCUT2D eigenvalue weighted by atomic mass is 9.96. The molecule has 1 aromatic rings. The van der Waals surface area contributed by atoms with Gasteiger partial charge in [-0.05, 0) is 12.0 Å². The molecule has 20 heavy (non-hydrogen) atoms. The van der Waals surface area contributed by atoms with Crippen molar-refractivity contribution in [1.29, 1.82) is 0 Å². The molecule has 2 N–H and O–H groups in total. The van der Waals surface area contributed by atoms with Crippen molar-refractivity contribution in [2.75, 3.05) is 26.2 Å². The molecule has 0 bridgehead atoms. The van der Waals surface area contributed by atoms with Gasteiger partial charge in [-0.2, -0.15) is 0 Å². The summed E-state index contributed by atoms with van der Waals surface area (Å²) in [6.07, 6.45) is -3.59. The fourth-order valence-corrected chi connectivity index (χ4v) is 2.12. The first-order valence-electron chi connectivity index (χ1n) is 6.49. The van der Waals surface area contributed by atoms with E-state index < -0.39 is 30.8 Å². The fraction of sp³-hybridized carbons (Fsp3) is 0.571. The van der Waals surface area contributed by atoms with E-state index >= 15 is 0 Å². The standard InChI is InChI=1S/C14H20F3NO2/c1-10(8-18(6-7-19)9-13(16)17)14(20)11-4-2-3-5-12(11)15/h2-5,10,13-14,19-20H,6-9H2,1H3. The Labute approximate surface area is 116 Å². The van der Waals surface area contributed by atoms with Gasteiger partial charge in [0.15, 0.2) is 0 Å². The van der Waals surface area contributed by atoms with Crippen LogP contribution in [-0.4, -0.2) is 47.8 Å². The van der Waals surface area contributed by atoms with Gasteiger partial charge in [0.25, 0.3) is 6.43 Å². The van der Waals surface area contributed by atoms with E-state index in [0.717, 1.165) is 0 Å². The number of rotatable bonds is 8. The van der Waals surface area contributed by atoms with Gasteiger partial charge in [-0.15, -0.1) is 0 Å². The minimum absolute atomic E-state index is 0.0959. The lowest BCUT2D eigenvalue weighted by Gasteiger charge is -2.27. The van der Waals surface area contributed by atoms with Crippen LogP contribution in [-0.2, 0) is 0 Å². The zero-order chi connectivity index (χ0) is 15.1. The Hall–Kier alpha value is -1.11. The van der Waals surface area contributed by atoms with Crippen LogP contribution in [0.2, 0.25) is 0 Å². The third kappa shape index (κ3) is 5.11. The molecular formula is C14H20F3NO2. The smallest absolute Gasteiger partial charge is 0.251 e. The predicted octanol–water partition coefficient (Wildman–Crippen LogP) is 2.05. The number of aliphatic hydroxyl groups excluding tert-OH is 2. The summed E-state index contributed by atoms with van der Waals surface area (Å²) in [7, 11) is 0. The molecule has 0 amide bonds. The van der Waals surface area contributed by atoms with Gasteiger partial charge in [0.05, 0.1) is 19.3 Å². The van der Waals surface area contributed by atoms with Gasteiger partial charge in [0.2, 0.25) is 0 Å². The summed E-state index contributed by atoms with van der Waals surface area (Å²) in [5.74, 6) is -0.952. The van der Waals surface area contributed by atoms with Gasteiger partial charge in [0, 0.05) is 18.7 Å². The molecule has 0 heterocycles. The molecule has 3 nitrogen and oxygen atoms in total. The second-order valence-corrected chi connectivity index (χ2v) is 4.82. The first-order valence-corrected chi connectivity index (χ1v) is 6.49. The van der Waals surface area contributed by atoms with Crippen LogP contribution in [0.3, 0.4) is 0 Å². The topological polar surface area (TPSA) is 43.7 Å². The van der Waals surface area contributed by atoms with Crippen LogP contribution < -0.4 is 0 Å². The van der Waals surface area contributed by atoms with E-state index in [9.17, 15) is 18.3 Å². The van der Waals surface area contributed by atoms with Gasteiger partial charge < -0.3 is 10.2 Å². The lowest BCUT2D eigenvalue weighted by molar-refractivity contribution is 0.0427. The van der Waals surface area contributed by atoms with Crippen LogP contribution in [0, 0.1) is 11.7 Å². The molecule has 0 aliphatic heterocycles. The van der Waals surface area contributed by atoms with E-state index in [1.807, 2.05) is 0 Å². The van der Waals surface area contributed by atoms with Crippen LogP contribution >= 0.6 is 0 Å². The summed E-state index contributed by atoms with van der Waals surface area (Å²) in [6, 6.07) is 5.85. The van der Waals surface area contributed by atoms with E-state index in [-0.39, 0.29) is 25.3 Å². The molecule has 2 atom stereocenters. The van der Waals surface area contributed by atoms with Crippen molar-refractivity contribution in [3.05, 3.63) is 35.6 Å². The lowest BCUT2D eigenvalue weighted by Crippen LogP contribution is -2.36. The van der Waals surface area contributed by atoms with Gasteiger partial charge in [-0.3, -0.25) is 4.90 Å². The van der Waals surface area contributed by atoms with Crippen LogP contribution in [0.5, 0.6) is 0 Å². The van der Waals surface area contributed by atoms with Gasteiger partial charge in [-0.25, -0.2) is 13.2 Å². The van der Waals surface area contributed by atoms with Gasteiger partial charge in [-0.1, -0.05) is 25.1 Å². The number of hydrogen-bond donors (Lipinski definition) is 2. The number of hydrogen-bond acceptors (Lipinski definition) is 3. The quantitative estimate of drug-likeness (QED) is 0.770. The van der Waals surface area contributed by atoms with Crippen molar-refractivity contribution >= 4 is 0 Å². The molecular weight excluding hydrogens is 271 g/mol. The Kier molecular flexibility index (Phi) is 6.98. The zero-order valence-electron chi connectivity index (χ0n) is 11.3. The number of halogens is 3. The van der Waals surface area contributed by atoms with Crippen LogP contribution in [0.25, 0.3) is 0 Å². The number of aliphatic hydroxyl groups is 2. The van der Waals surface area contributed by atoms with Crippen LogP contribution in [0.1, 0.15) is 18.6 Å². The van der Waals surface area contributed by atoms with E-state index in [0.29, 0.717) is 0 Å². The highest BCUT2D eigenvalue weighted by atomic mass is 19.3. The van der Waals surface area contributed by atoms with Crippen molar-refractivity contribution in [1.82, 2.24) is 4.90 Å². The maximum Gasteiger partial charge on any atom is 0.251 e. The zero-order valence-corrected chi connectivity index (χ0v) is 11.3. The Bertz CT molecular complexity index is 404. The minimum Gasteiger partial charge on any atom is -0.395 e. The van der Waals surface area contributed by atoms with E-state index in [4.69, 9.17) is 5.11 Å². The molecule has 6 heteroatoms. The number of alkyl halides is 2. The second-order valence-electron chi connectivity index (χ2n) is 4.82.